The first kappa shape index (κ1) is 20.0. The molecule has 11 heteroatoms. The number of halogens is 3. The van der Waals surface area contributed by atoms with Crippen LogP contribution >= 0.6 is 0 Å². The summed E-state index contributed by atoms with van der Waals surface area (Å²) in [6.07, 6.45) is 0.558. The molecule has 1 fully saturated rings. The molecule has 0 aromatic carbocycles. The van der Waals surface area contributed by atoms with Gasteiger partial charge >= 0.3 is 15.5 Å². The third-order valence-electron chi connectivity index (χ3n) is 3.39. The third-order valence-corrected chi connectivity index (χ3v) is 5.02. The van der Waals surface area contributed by atoms with Gasteiger partial charge < -0.3 is 15.4 Å². The summed E-state index contributed by atoms with van der Waals surface area (Å²) in [6, 6.07) is -0.132. The predicted octanol–water partition coefficient (Wildman–Crippen LogP) is 0.502. The zero-order valence-electron chi connectivity index (χ0n) is 13.2. The van der Waals surface area contributed by atoms with Gasteiger partial charge in [-0.15, -0.1) is 0 Å². The molecule has 0 unspecified atom stereocenters. The van der Waals surface area contributed by atoms with Crippen LogP contribution in [-0.4, -0.2) is 70.1 Å². The SMILES string of the molecule is CCOCCNC(=NC)NC1CCN(S(=O)(=O)C(F)(F)F)CC1. The number of hydrogen-bond donors (Lipinski definition) is 2. The van der Waals surface area contributed by atoms with Crippen LogP contribution in [0.2, 0.25) is 0 Å². The lowest BCUT2D eigenvalue weighted by Gasteiger charge is -2.32. The molecule has 0 aromatic rings. The Morgan fingerprint density at radius 1 is 1.35 bits per heavy atom. The lowest BCUT2D eigenvalue weighted by atomic mass is 10.1. The first-order valence-corrected chi connectivity index (χ1v) is 8.77. The lowest BCUT2D eigenvalue weighted by Crippen LogP contribution is -2.51. The van der Waals surface area contributed by atoms with Crippen molar-refractivity contribution in [2.24, 2.45) is 4.99 Å². The van der Waals surface area contributed by atoms with Crippen LogP contribution in [0.25, 0.3) is 0 Å². The molecule has 1 aliphatic heterocycles. The number of alkyl halides is 3. The van der Waals surface area contributed by atoms with Crippen LogP contribution < -0.4 is 10.6 Å². The van der Waals surface area contributed by atoms with Crippen molar-refractivity contribution >= 4 is 16.0 Å². The van der Waals surface area contributed by atoms with E-state index in [-0.39, 0.29) is 32.0 Å². The van der Waals surface area contributed by atoms with Crippen LogP contribution in [0.5, 0.6) is 0 Å². The number of guanidine groups is 1. The zero-order valence-corrected chi connectivity index (χ0v) is 14.0. The van der Waals surface area contributed by atoms with Crippen molar-refractivity contribution < 1.29 is 26.3 Å². The Kier molecular flexibility index (Phi) is 7.55. The molecule has 23 heavy (non-hydrogen) atoms. The van der Waals surface area contributed by atoms with Gasteiger partial charge in [-0.1, -0.05) is 0 Å². The molecule has 0 bridgehead atoms. The highest BCUT2D eigenvalue weighted by Crippen LogP contribution is 2.28. The Bertz CT molecular complexity index is 488. The van der Waals surface area contributed by atoms with E-state index in [1.54, 1.807) is 7.05 Å². The van der Waals surface area contributed by atoms with E-state index in [2.05, 4.69) is 15.6 Å². The van der Waals surface area contributed by atoms with Crippen LogP contribution in [-0.2, 0) is 14.8 Å². The van der Waals surface area contributed by atoms with Gasteiger partial charge in [0.2, 0.25) is 0 Å². The lowest BCUT2D eigenvalue weighted by molar-refractivity contribution is -0.0494. The number of ether oxygens (including phenoxy) is 1. The molecule has 0 aliphatic carbocycles. The van der Waals surface area contributed by atoms with Crippen LogP contribution in [0.4, 0.5) is 13.2 Å². The molecule has 1 saturated heterocycles. The summed E-state index contributed by atoms with van der Waals surface area (Å²) >= 11 is 0. The monoisotopic (exact) mass is 360 g/mol. The second-order valence-electron chi connectivity index (χ2n) is 4.96. The second-order valence-corrected chi connectivity index (χ2v) is 6.89. The number of sulfonamides is 1. The van der Waals surface area contributed by atoms with Crippen molar-refractivity contribution in [1.82, 2.24) is 14.9 Å². The topological polar surface area (TPSA) is 83.0 Å². The summed E-state index contributed by atoms with van der Waals surface area (Å²) in [5, 5.41) is 6.09. The summed E-state index contributed by atoms with van der Waals surface area (Å²) in [6.45, 7) is 3.22. The summed E-state index contributed by atoms with van der Waals surface area (Å²) < 4.78 is 65.8. The van der Waals surface area contributed by atoms with Crippen molar-refractivity contribution in [2.75, 3.05) is 39.9 Å². The molecule has 0 amide bonds. The maximum atomic E-state index is 12.5. The van der Waals surface area contributed by atoms with Gasteiger partial charge in [0.1, 0.15) is 0 Å². The molecule has 1 aliphatic rings. The fourth-order valence-electron chi connectivity index (χ4n) is 2.16. The van der Waals surface area contributed by atoms with Crippen LogP contribution in [0.3, 0.4) is 0 Å². The Balaban J connectivity index is 2.44. The smallest absolute Gasteiger partial charge is 0.380 e. The van der Waals surface area contributed by atoms with Gasteiger partial charge in [0.05, 0.1) is 6.61 Å². The Hall–Kier alpha value is -1.07. The second kappa shape index (κ2) is 8.69. The molecule has 2 N–H and O–H groups in total. The Morgan fingerprint density at radius 3 is 2.43 bits per heavy atom. The van der Waals surface area contributed by atoms with E-state index < -0.39 is 15.5 Å². The quantitative estimate of drug-likeness (QED) is 0.410. The van der Waals surface area contributed by atoms with Gasteiger partial charge in [-0.2, -0.15) is 17.5 Å². The highest BCUT2D eigenvalue weighted by Gasteiger charge is 2.50. The van der Waals surface area contributed by atoms with E-state index in [0.717, 1.165) is 0 Å². The summed E-state index contributed by atoms with van der Waals surface area (Å²) in [5.74, 6) is 0.516. The number of hydrogen-bond acceptors (Lipinski definition) is 4. The summed E-state index contributed by atoms with van der Waals surface area (Å²) in [7, 11) is -3.65. The minimum atomic E-state index is -5.25. The van der Waals surface area contributed by atoms with Crippen molar-refractivity contribution in [3.8, 4) is 0 Å². The van der Waals surface area contributed by atoms with Gasteiger partial charge in [-0.3, -0.25) is 4.99 Å². The molecule has 0 saturated carbocycles. The van der Waals surface area contributed by atoms with Crippen molar-refractivity contribution in [2.45, 2.75) is 31.3 Å². The number of aliphatic imine (C=N–C) groups is 1. The zero-order chi connectivity index (χ0) is 17.5. The average molecular weight is 360 g/mol. The minimum absolute atomic E-state index is 0.132. The molecule has 0 atom stereocenters. The highest BCUT2D eigenvalue weighted by atomic mass is 32.2. The van der Waals surface area contributed by atoms with E-state index in [1.807, 2.05) is 6.92 Å². The number of nitrogens with zero attached hydrogens (tertiary/aromatic N) is 2. The largest absolute Gasteiger partial charge is 0.511 e. The standard InChI is InChI=1S/C12H23F3N4O3S/c1-3-22-9-6-17-11(16-2)18-10-4-7-19(8-5-10)23(20,21)12(13,14)15/h10H,3-9H2,1-2H3,(H2,16,17,18). The number of nitrogens with one attached hydrogen (secondary N) is 2. The molecule has 1 heterocycles. The van der Waals surface area contributed by atoms with E-state index in [0.29, 0.717) is 30.0 Å². The van der Waals surface area contributed by atoms with E-state index in [4.69, 9.17) is 4.74 Å². The maximum absolute atomic E-state index is 12.5. The fourth-order valence-corrected chi connectivity index (χ4v) is 3.15. The first-order valence-electron chi connectivity index (χ1n) is 7.33. The molecule has 7 nitrogen and oxygen atoms in total. The molecular weight excluding hydrogens is 337 g/mol. The van der Waals surface area contributed by atoms with Gasteiger partial charge in [-0.05, 0) is 19.8 Å². The fraction of sp³-hybridized carbons (Fsp3) is 0.917. The number of rotatable bonds is 6. The highest BCUT2D eigenvalue weighted by molar-refractivity contribution is 7.90. The first-order chi connectivity index (χ1) is 10.7. The van der Waals surface area contributed by atoms with Gasteiger partial charge in [0.15, 0.2) is 5.96 Å². The minimum Gasteiger partial charge on any atom is -0.380 e. The van der Waals surface area contributed by atoms with Crippen LogP contribution in [0, 0.1) is 0 Å². The van der Waals surface area contributed by atoms with Crippen molar-refractivity contribution in [1.29, 1.82) is 0 Å². The molecule has 0 aromatic heterocycles. The van der Waals surface area contributed by atoms with Crippen molar-refractivity contribution in [3.63, 3.8) is 0 Å². The number of piperidine rings is 1. The normalized spacial score (nSPS) is 18.9. The average Bonchev–Trinajstić information content (AvgIpc) is 2.49. The third kappa shape index (κ3) is 5.81. The van der Waals surface area contributed by atoms with E-state index in [1.165, 1.54) is 0 Å². The van der Waals surface area contributed by atoms with Gasteiger partial charge in [0, 0.05) is 39.3 Å². The van der Waals surface area contributed by atoms with Gasteiger partial charge in [0.25, 0.3) is 0 Å². The van der Waals surface area contributed by atoms with E-state index in [9.17, 15) is 21.6 Å². The molecule has 1 rings (SSSR count). The summed E-state index contributed by atoms with van der Waals surface area (Å²) in [5.41, 5.74) is -5.25. The molecular formula is C12H23F3N4O3S. The summed E-state index contributed by atoms with van der Waals surface area (Å²) in [4.78, 5) is 4.01. The van der Waals surface area contributed by atoms with E-state index >= 15 is 0 Å². The Morgan fingerprint density at radius 2 is 1.96 bits per heavy atom. The molecule has 0 radical (unpaired) electrons. The Labute approximate surface area is 134 Å². The van der Waals surface area contributed by atoms with Crippen molar-refractivity contribution in [3.05, 3.63) is 0 Å². The molecule has 136 valence electrons. The van der Waals surface area contributed by atoms with Gasteiger partial charge in [-0.25, -0.2) is 8.42 Å². The van der Waals surface area contributed by atoms with Crippen LogP contribution in [0.15, 0.2) is 4.99 Å². The maximum Gasteiger partial charge on any atom is 0.511 e. The van der Waals surface area contributed by atoms with Crippen LogP contribution in [0.1, 0.15) is 19.8 Å². The predicted molar refractivity (Wildman–Crippen MR) is 80.6 cm³/mol. The molecule has 0 spiro atoms.